The van der Waals surface area contributed by atoms with Crippen molar-refractivity contribution in [3.8, 4) is 0 Å². The van der Waals surface area contributed by atoms with Crippen molar-refractivity contribution in [3.63, 3.8) is 0 Å². The number of carbonyl (C=O) groups is 1. The lowest BCUT2D eigenvalue weighted by Crippen LogP contribution is -2.52. The number of fused-ring (bicyclic) bond motifs is 6. The number of hydrogen-bond donors (Lipinski definition) is 0. The average Bonchev–Trinajstić information content (AvgIpc) is 3.50. The summed E-state index contributed by atoms with van der Waals surface area (Å²) < 4.78 is 1.63. The first-order valence-corrected chi connectivity index (χ1v) is 10.3. The van der Waals surface area contributed by atoms with Gasteiger partial charge in [-0.05, 0) is 24.1 Å². The van der Waals surface area contributed by atoms with E-state index >= 15 is 0 Å². The van der Waals surface area contributed by atoms with Gasteiger partial charge >= 0.3 is 0 Å². The van der Waals surface area contributed by atoms with Gasteiger partial charge in [-0.3, -0.25) is 9.21 Å². The van der Waals surface area contributed by atoms with Crippen molar-refractivity contribution in [2.75, 3.05) is 23.2 Å². The SMILES string of the molecule is CC(=O)N1CCCC1c1cnnn1N1C=NC2c3ccccc3N3CN(Cl)C=C3N21. The summed E-state index contributed by atoms with van der Waals surface area (Å²) in [5, 5.41) is 12.4. The Kier molecular flexibility index (Phi) is 3.73. The van der Waals surface area contributed by atoms with E-state index in [4.69, 9.17) is 16.8 Å². The number of halogens is 1. The highest BCUT2D eigenvalue weighted by Crippen LogP contribution is 2.45. The fourth-order valence-corrected chi connectivity index (χ4v) is 4.97. The maximum Gasteiger partial charge on any atom is 0.220 e. The first-order valence-electron chi connectivity index (χ1n) is 9.94. The molecule has 0 bridgehead atoms. The second-order valence-corrected chi connectivity index (χ2v) is 8.17. The van der Waals surface area contributed by atoms with Crippen LogP contribution in [0, 0.1) is 0 Å². The molecule has 2 unspecified atom stereocenters. The van der Waals surface area contributed by atoms with Crippen LogP contribution in [0.4, 0.5) is 5.69 Å². The molecular formula is C19H20ClN9O. The molecule has 4 aliphatic heterocycles. The normalized spacial score (nSPS) is 24.3. The Morgan fingerprint density at radius 3 is 3.00 bits per heavy atom. The molecule has 6 rings (SSSR count). The topological polar surface area (TPSA) is 76.3 Å². The number of hydrogen-bond acceptors (Lipinski definition) is 8. The van der Waals surface area contributed by atoms with Crippen LogP contribution in [0.3, 0.4) is 0 Å². The number of anilines is 1. The fourth-order valence-electron chi connectivity index (χ4n) is 4.78. The van der Waals surface area contributed by atoms with Crippen molar-refractivity contribution in [3.05, 3.63) is 53.7 Å². The molecule has 10 nitrogen and oxygen atoms in total. The Hall–Kier alpha value is -3.27. The Morgan fingerprint density at radius 2 is 2.13 bits per heavy atom. The lowest BCUT2D eigenvalue weighted by molar-refractivity contribution is -0.129. The lowest BCUT2D eigenvalue weighted by atomic mass is 10.1. The van der Waals surface area contributed by atoms with Crippen LogP contribution in [-0.4, -0.2) is 54.9 Å². The minimum Gasteiger partial charge on any atom is -0.334 e. The van der Waals surface area contributed by atoms with Gasteiger partial charge in [-0.25, -0.2) is 10.0 Å². The molecular weight excluding hydrogens is 406 g/mol. The molecule has 5 heterocycles. The van der Waals surface area contributed by atoms with E-state index in [1.54, 1.807) is 28.7 Å². The third-order valence-corrected chi connectivity index (χ3v) is 6.27. The van der Waals surface area contributed by atoms with E-state index in [0.717, 1.165) is 42.2 Å². The van der Waals surface area contributed by atoms with Crippen LogP contribution in [0.2, 0.25) is 0 Å². The van der Waals surface area contributed by atoms with Crippen molar-refractivity contribution < 1.29 is 4.79 Å². The number of likely N-dealkylation sites (tertiary alicyclic amines) is 1. The zero-order chi connectivity index (χ0) is 20.4. The number of carbonyl (C=O) groups excluding carboxylic acids is 1. The van der Waals surface area contributed by atoms with Gasteiger partial charge in [0.05, 0.1) is 24.1 Å². The van der Waals surface area contributed by atoms with E-state index in [2.05, 4.69) is 32.4 Å². The highest BCUT2D eigenvalue weighted by atomic mass is 35.5. The molecule has 0 saturated carbocycles. The van der Waals surface area contributed by atoms with Gasteiger partial charge in [0.1, 0.15) is 18.7 Å². The highest BCUT2D eigenvalue weighted by molar-refractivity contribution is 6.14. The van der Waals surface area contributed by atoms with Crippen LogP contribution in [0.25, 0.3) is 0 Å². The Bertz CT molecular complexity index is 1080. The summed E-state index contributed by atoms with van der Waals surface area (Å²) in [6.45, 7) is 2.90. The summed E-state index contributed by atoms with van der Waals surface area (Å²) in [6.07, 6.45) is 7.00. The maximum atomic E-state index is 12.1. The minimum absolute atomic E-state index is 0.0554. The first-order chi connectivity index (χ1) is 14.6. The van der Waals surface area contributed by atoms with E-state index in [0.29, 0.717) is 6.67 Å². The summed E-state index contributed by atoms with van der Waals surface area (Å²) in [5.41, 5.74) is 3.04. The Balaban J connectivity index is 1.43. The van der Waals surface area contributed by atoms with Gasteiger partial charge in [-0.15, -0.1) is 9.89 Å². The zero-order valence-corrected chi connectivity index (χ0v) is 17.1. The number of aromatic nitrogens is 3. The molecule has 1 aromatic carbocycles. The number of benzene rings is 1. The molecule has 2 aromatic rings. The minimum atomic E-state index is -0.226. The van der Waals surface area contributed by atoms with Gasteiger partial charge in [0.15, 0.2) is 12.0 Å². The van der Waals surface area contributed by atoms with Gasteiger partial charge in [-0.1, -0.05) is 18.2 Å². The standard InChI is InChI=1S/C19H20ClN9O/c1-13(30)25-8-4-7-16(25)17-9-22-23-29(17)27-11-21-19-14-5-2-3-6-15(14)26-12-24(20)10-18(26)28(19)27/h2-3,5-6,9-11,16,19H,4,7-8,12H2,1H3. The van der Waals surface area contributed by atoms with Crippen molar-refractivity contribution in [1.82, 2.24) is 29.4 Å². The summed E-state index contributed by atoms with van der Waals surface area (Å²) in [5.74, 6) is 0.968. The molecule has 0 N–H and O–H groups in total. The highest BCUT2D eigenvalue weighted by Gasteiger charge is 2.45. The van der Waals surface area contributed by atoms with Crippen LogP contribution in [0.1, 0.15) is 43.2 Å². The summed E-state index contributed by atoms with van der Waals surface area (Å²) in [7, 11) is 0. The average molecular weight is 426 g/mol. The summed E-state index contributed by atoms with van der Waals surface area (Å²) in [4.78, 5) is 22.7. The molecule has 1 amide bonds. The molecule has 11 heteroatoms. The second-order valence-electron chi connectivity index (χ2n) is 7.74. The number of hydrazine groups is 1. The maximum absolute atomic E-state index is 12.1. The molecule has 4 aliphatic rings. The van der Waals surface area contributed by atoms with Gasteiger partial charge in [0.25, 0.3) is 0 Å². The largest absolute Gasteiger partial charge is 0.334 e. The smallest absolute Gasteiger partial charge is 0.220 e. The van der Waals surface area contributed by atoms with E-state index in [9.17, 15) is 4.79 Å². The molecule has 1 fully saturated rings. The first kappa shape index (κ1) is 17.6. The van der Waals surface area contributed by atoms with Crippen molar-refractivity contribution in [1.29, 1.82) is 0 Å². The number of para-hydroxylation sites is 1. The summed E-state index contributed by atoms with van der Waals surface area (Å²) in [6, 6.07) is 8.14. The molecule has 30 heavy (non-hydrogen) atoms. The molecule has 0 spiro atoms. The van der Waals surface area contributed by atoms with Crippen molar-refractivity contribution >= 4 is 29.7 Å². The van der Waals surface area contributed by atoms with Crippen LogP contribution < -0.4 is 10.0 Å². The van der Waals surface area contributed by atoms with E-state index in [1.807, 2.05) is 28.4 Å². The van der Waals surface area contributed by atoms with Crippen molar-refractivity contribution in [2.45, 2.75) is 32.0 Å². The zero-order valence-electron chi connectivity index (χ0n) is 16.3. The van der Waals surface area contributed by atoms with Gasteiger partial charge in [-0.2, -0.15) is 5.12 Å². The van der Waals surface area contributed by atoms with Crippen LogP contribution in [-0.2, 0) is 4.79 Å². The second kappa shape index (κ2) is 6.36. The van der Waals surface area contributed by atoms with Crippen LogP contribution in [0.5, 0.6) is 0 Å². The number of amides is 1. The van der Waals surface area contributed by atoms with E-state index in [-0.39, 0.29) is 18.1 Å². The van der Waals surface area contributed by atoms with Crippen LogP contribution >= 0.6 is 11.8 Å². The number of aliphatic imine (C=N–C) groups is 1. The van der Waals surface area contributed by atoms with Crippen LogP contribution in [0.15, 0.2) is 47.5 Å². The van der Waals surface area contributed by atoms with Gasteiger partial charge in [0, 0.05) is 30.8 Å². The Labute approximate surface area is 178 Å². The Morgan fingerprint density at radius 1 is 1.27 bits per heavy atom. The predicted octanol–water partition coefficient (Wildman–Crippen LogP) is 1.90. The molecule has 154 valence electrons. The van der Waals surface area contributed by atoms with E-state index in [1.165, 1.54) is 0 Å². The summed E-state index contributed by atoms with van der Waals surface area (Å²) >= 11 is 6.36. The third-order valence-electron chi connectivity index (χ3n) is 6.06. The third kappa shape index (κ3) is 2.37. The molecule has 1 saturated heterocycles. The van der Waals surface area contributed by atoms with E-state index < -0.39 is 0 Å². The molecule has 2 atom stereocenters. The monoisotopic (exact) mass is 425 g/mol. The molecule has 0 aliphatic carbocycles. The fraction of sp³-hybridized carbons (Fsp3) is 0.368. The molecule has 0 radical (unpaired) electrons. The van der Waals surface area contributed by atoms with Gasteiger partial charge < -0.3 is 9.80 Å². The molecule has 1 aromatic heterocycles. The number of rotatable bonds is 2. The lowest BCUT2D eigenvalue weighted by Gasteiger charge is -2.42. The quantitative estimate of drug-likeness (QED) is 0.680. The van der Waals surface area contributed by atoms with Gasteiger partial charge in [0.2, 0.25) is 5.91 Å². The number of nitrogens with zero attached hydrogens (tertiary/aromatic N) is 9. The van der Waals surface area contributed by atoms with Crippen molar-refractivity contribution in [2.24, 2.45) is 4.99 Å². The predicted molar refractivity (Wildman–Crippen MR) is 110 cm³/mol.